The SMILES string of the molecule is C=CC[C@H](NC(=O)c1ccc2ccccc2n1)C(=O)O. The lowest BCUT2D eigenvalue weighted by atomic mass is 10.1. The highest BCUT2D eigenvalue weighted by Gasteiger charge is 2.19. The smallest absolute Gasteiger partial charge is 0.326 e. The number of hydrogen-bond donors (Lipinski definition) is 2. The van der Waals surface area contributed by atoms with Gasteiger partial charge in [-0.1, -0.05) is 30.3 Å². The molecule has 2 N–H and O–H groups in total. The van der Waals surface area contributed by atoms with E-state index >= 15 is 0 Å². The average molecular weight is 270 g/mol. The number of pyridine rings is 1. The summed E-state index contributed by atoms with van der Waals surface area (Å²) in [5, 5.41) is 12.3. The number of rotatable bonds is 5. The lowest BCUT2D eigenvalue weighted by Gasteiger charge is -2.12. The van der Waals surface area contributed by atoms with Gasteiger partial charge in [-0.2, -0.15) is 0 Å². The van der Waals surface area contributed by atoms with Crippen molar-refractivity contribution in [1.29, 1.82) is 0 Å². The summed E-state index contributed by atoms with van der Waals surface area (Å²) in [6, 6.07) is 9.76. The molecule has 0 fully saturated rings. The second-order valence-corrected chi connectivity index (χ2v) is 4.28. The zero-order chi connectivity index (χ0) is 14.5. The molecule has 1 heterocycles. The summed E-state index contributed by atoms with van der Waals surface area (Å²) >= 11 is 0. The van der Waals surface area contributed by atoms with Crippen molar-refractivity contribution in [2.75, 3.05) is 0 Å². The molecule has 102 valence electrons. The lowest BCUT2D eigenvalue weighted by Crippen LogP contribution is -2.40. The van der Waals surface area contributed by atoms with Crippen LogP contribution in [0.1, 0.15) is 16.9 Å². The number of aliphatic carboxylic acids is 1. The molecule has 0 saturated heterocycles. The number of carboxylic acid groups (broad SMARTS) is 1. The number of fused-ring (bicyclic) bond motifs is 1. The molecule has 2 rings (SSSR count). The first-order valence-electron chi connectivity index (χ1n) is 6.12. The maximum Gasteiger partial charge on any atom is 0.326 e. The van der Waals surface area contributed by atoms with Crippen LogP contribution in [0, 0.1) is 0 Å². The maximum atomic E-state index is 12.0. The van der Waals surface area contributed by atoms with Crippen molar-refractivity contribution in [1.82, 2.24) is 10.3 Å². The summed E-state index contributed by atoms with van der Waals surface area (Å²) < 4.78 is 0. The van der Waals surface area contributed by atoms with Gasteiger partial charge in [-0.3, -0.25) is 4.79 Å². The van der Waals surface area contributed by atoms with E-state index in [1.807, 2.05) is 18.2 Å². The summed E-state index contributed by atoms with van der Waals surface area (Å²) in [4.78, 5) is 27.2. The molecule has 0 saturated carbocycles. The minimum absolute atomic E-state index is 0.161. The summed E-state index contributed by atoms with van der Waals surface area (Å²) in [7, 11) is 0. The van der Waals surface area contributed by atoms with Gasteiger partial charge in [0.2, 0.25) is 0 Å². The average Bonchev–Trinajstić information content (AvgIpc) is 2.46. The van der Waals surface area contributed by atoms with E-state index in [0.29, 0.717) is 5.52 Å². The van der Waals surface area contributed by atoms with Crippen molar-refractivity contribution in [2.24, 2.45) is 0 Å². The van der Waals surface area contributed by atoms with E-state index in [9.17, 15) is 9.59 Å². The third kappa shape index (κ3) is 3.00. The number of nitrogens with zero attached hydrogens (tertiary/aromatic N) is 1. The number of aromatic nitrogens is 1. The number of benzene rings is 1. The van der Waals surface area contributed by atoms with E-state index in [1.165, 1.54) is 6.08 Å². The van der Waals surface area contributed by atoms with Crippen LogP contribution >= 0.6 is 0 Å². The minimum Gasteiger partial charge on any atom is -0.480 e. The Balaban J connectivity index is 2.22. The van der Waals surface area contributed by atoms with Gasteiger partial charge in [0.25, 0.3) is 5.91 Å². The molecule has 5 nitrogen and oxygen atoms in total. The van der Waals surface area contributed by atoms with Gasteiger partial charge in [-0.05, 0) is 18.6 Å². The zero-order valence-electron chi connectivity index (χ0n) is 10.7. The normalized spacial score (nSPS) is 11.8. The van der Waals surface area contributed by atoms with E-state index in [1.54, 1.807) is 18.2 Å². The number of amides is 1. The Morgan fingerprint density at radius 1 is 1.30 bits per heavy atom. The van der Waals surface area contributed by atoms with Crippen molar-refractivity contribution in [3.8, 4) is 0 Å². The molecule has 20 heavy (non-hydrogen) atoms. The fraction of sp³-hybridized carbons (Fsp3) is 0.133. The second-order valence-electron chi connectivity index (χ2n) is 4.28. The Hall–Kier alpha value is -2.69. The van der Waals surface area contributed by atoms with Crippen LogP contribution in [0.4, 0.5) is 0 Å². The quantitative estimate of drug-likeness (QED) is 0.814. The molecule has 0 aliphatic carbocycles. The third-order valence-corrected chi connectivity index (χ3v) is 2.84. The van der Waals surface area contributed by atoms with E-state index < -0.39 is 17.9 Å². The van der Waals surface area contributed by atoms with Crippen LogP contribution in [0.3, 0.4) is 0 Å². The number of nitrogens with one attached hydrogen (secondary N) is 1. The largest absolute Gasteiger partial charge is 0.480 e. The predicted molar refractivity (Wildman–Crippen MR) is 75.4 cm³/mol. The van der Waals surface area contributed by atoms with Gasteiger partial charge < -0.3 is 10.4 Å². The van der Waals surface area contributed by atoms with Crippen LogP contribution < -0.4 is 5.32 Å². The van der Waals surface area contributed by atoms with E-state index in [-0.39, 0.29) is 12.1 Å². The number of carboxylic acids is 1. The van der Waals surface area contributed by atoms with Gasteiger partial charge in [0.15, 0.2) is 0 Å². The highest BCUT2D eigenvalue weighted by molar-refractivity contribution is 5.96. The first-order chi connectivity index (χ1) is 9.61. The molecule has 2 aromatic rings. The lowest BCUT2D eigenvalue weighted by molar-refractivity contribution is -0.139. The Morgan fingerprint density at radius 2 is 2.05 bits per heavy atom. The standard InChI is InChI=1S/C15H14N2O3/c1-2-5-13(15(19)20)17-14(18)12-9-8-10-6-3-4-7-11(10)16-12/h2-4,6-9,13H,1,5H2,(H,17,18)(H,19,20)/t13-/m0/s1. The van der Waals surface area contributed by atoms with Crippen LogP contribution in [0.15, 0.2) is 49.1 Å². The first-order valence-corrected chi connectivity index (χ1v) is 6.12. The monoisotopic (exact) mass is 270 g/mol. The fourth-order valence-corrected chi connectivity index (χ4v) is 1.81. The van der Waals surface area contributed by atoms with Gasteiger partial charge in [0.05, 0.1) is 5.52 Å². The number of carbonyl (C=O) groups is 2. The number of carbonyl (C=O) groups excluding carboxylic acids is 1. The maximum absolute atomic E-state index is 12.0. The predicted octanol–water partition coefficient (Wildman–Crippen LogP) is 1.99. The highest BCUT2D eigenvalue weighted by Crippen LogP contribution is 2.11. The summed E-state index contributed by atoms with van der Waals surface area (Å²) in [5.74, 6) is -1.61. The molecule has 0 aliphatic heterocycles. The van der Waals surface area contributed by atoms with Crippen molar-refractivity contribution in [3.63, 3.8) is 0 Å². The molecule has 0 bridgehead atoms. The van der Waals surface area contributed by atoms with Crippen molar-refractivity contribution in [2.45, 2.75) is 12.5 Å². The summed E-state index contributed by atoms with van der Waals surface area (Å²) in [6.45, 7) is 3.47. The Labute approximate surface area is 115 Å². The van der Waals surface area contributed by atoms with E-state index in [4.69, 9.17) is 5.11 Å². The molecule has 1 aromatic carbocycles. The molecular formula is C15H14N2O3. The van der Waals surface area contributed by atoms with Gasteiger partial charge >= 0.3 is 5.97 Å². The number of hydrogen-bond acceptors (Lipinski definition) is 3. The van der Waals surface area contributed by atoms with Crippen molar-refractivity contribution >= 4 is 22.8 Å². The molecule has 0 radical (unpaired) electrons. The molecule has 0 unspecified atom stereocenters. The van der Waals surface area contributed by atoms with Crippen LogP contribution in [0.2, 0.25) is 0 Å². The molecule has 1 amide bonds. The molecule has 1 aromatic heterocycles. The summed E-state index contributed by atoms with van der Waals surface area (Å²) in [6.07, 6.45) is 1.61. The topological polar surface area (TPSA) is 79.3 Å². The summed E-state index contributed by atoms with van der Waals surface area (Å²) in [5.41, 5.74) is 0.884. The molecular weight excluding hydrogens is 256 g/mol. The Bertz CT molecular complexity index is 667. The Kier molecular flexibility index (Phi) is 4.10. The van der Waals surface area contributed by atoms with E-state index in [0.717, 1.165) is 5.39 Å². The van der Waals surface area contributed by atoms with Crippen molar-refractivity contribution in [3.05, 3.63) is 54.7 Å². The van der Waals surface area contributed by atoms with E-state index in [2.05, 4.69) is 16.9 Å². The van der Waals surface area contributed by atoms with Gasteiger partial charge in [-0.25, -0.2) is 9.78 Å². The third-order valence-electron chi connectivity index (χ3n) is 2.84. The Morgan fingerprint density at radius 3 is 2.75 bits per heavy atom. The highest BCUT2D eigenvalue weighted by atomic mass is 16.4. The van der Waals surface area contributed by atoms with Gasteiger partial charge in [0, 0.05) is 5.39 Å². The first kappa shape index (κ1) is 13.7. The second kappa shape index (κ2) is 5.97. The van der Waals surface area contributed by atoms with Crippen LogP contribution in [0.5, 0.6) is 0 Å². The van der Waals surface area contributed by atoms with Gasteiger partial charge in [0.1, 0.15) is 11.7 Å². The zero-order valence-corrected chi connectivity index (χ0v) is 10.7. The fourth-order valence-electron chi connectivity index (χ4n) is 1.81. The van der Waals surface area contributed by atoms with Crippen molar-refractivity contribution < 1.29 is 14.7 Å². The minimum atomic E-state index is -1.10. The molecule has 0 spiro atoms. The number of para-hydroxylation sites is 1. The molecule has 1 atom stereocenters. The van der Waals surface area contributed by atoms with Crippen LogP contribution in [-0.2, 0) is 4.79 Å². The molecule has 0 aliphatic rings. The van der Waals surface area contributed by atoms with Crippen LogP contribution in [0.25, 0.3) is 10.9 Å². The molecule has 5 heteroatoms. The van der Waals surface area contributed by atoms with Crippen LogP contribution in [-0.4, -0.2) is 28.0 Å². The van der Waals surface area contributed by atoms with Gasteiger partial charge in [-0.15, -0.1) is 6.58 Å².